The molecule has 0 bridgehead atoms. The zero-order valence-electron chi connectivity index (χ0n) is 14.5. The number of nitrogens with one attached hydrogen (secondary N) is 1. The minimum atomic E-state index is -3.16. The second-order valence-corrected chi connectivity index (χ2v) is 6.35. The molecule has 0 saturated heterocycles. The van der Waals surface area contributed by atoms with Crippen molar-refractivity contribution in [1.82, 2.24) is 15.5 Å². The number of carbonyl (C=O) groups is 2. The molecular formula is C16H23F2N4O4. The molecule has 1 radical (unpaired) electrons. The summed E-state index contributed by atoms with van der Waals surface area (Å²) in [5, 5.41) is 6.39. The van der Waals surface area contributed by atoms with Crippen molar-refractivity contribution in [1.29, 1.82) is 0 Å². The minimum Gasteiger partial charge on any atom is -0.447 e. The van der Waals surface area contributed by atoms with Crippen LogP contribution in [-0.2, 0) is 9.59 Å². The van der Waals surface area contributed by atoms with Crippen molar-refractivity contribution >= 4 is 11.8 Å². The van der Waals surface area contributed by atoms with Crippen LogP contribution in [0.4, 0.5) is 8.78 Å². The Morgan fingerprint density at radius 3 is 2.85 bits per heavy atom. The van der Waals surface area contributed by atoms with Gasteiger partial charge in [-0.15, -0.1) is 0 Å². The van der Waals surface area contributed by atoms with E-state index in [1.165, 1.54) is 0 Å². The number of nitrogens with zero attached hydrogens (tertiary/aromatic N) is 2. The number of hydrogen-bond donors (Lipinski definition) is 2. The number of halogens is 2. The highest BCUT2D eigenvalue weighted by atomic mass is 19.3. The molecule has 1 aromatic heterocycles. The molecule has 1 aromatic rings. The van der Waals surface area contributed by atoms with E-state index in [1.807, 2.05) is 6.92 Å². The van der Waals surface area contributed by atoms with Crippen LogP contribution in [0.25, 0.3) is 0 Å². The van der Waals surface area contributed by atoms with E-state index in [0.717, 1.165) is 19.3 Å². The van der Waals surface area contributed by atoms with Gasteiger partial charge in [0.1, 0.15) is 6.61 Å². The van der Waals surface area contributed by atoms with E-state index in [0.29, 0.717) is 18.2 Å². The molecule has 1 unspecified atom stereocenters. The van der Waals surface area contributed by atoms with Gasteiger partial charge in [-0.1, -0.05) is 12.1 Å². The Morgan fingerprint density at radius 2 is 2.23 bits per heavy atom. The van der Waals surface area contributed by atoms with E-state index in [-0.39, 0.29) is 12.7 Å². The van der Waals surface area contributed by atoms with Gasteiger partial charge in [0, 0.05) is 25.2 Å². The number of rotatable bonds is 12. The Hall–Kier alpha value is -2.26. The molecule has 2 rings (SSSR count). The van der Waals surface area contributed by atoms with Crippen molar-refractivity contribution < 1.29 is 27.6 Å². The smallest absolute Gasteiger partial charge is 0.417 e. The van der Waals surface area contributed by atoms with E-state index in [1.54, 1.807) is 0 Å². The second-order valence-electron chi connectivity index (χ2n) is 6.35. The van der Waals surface area contributed by atoms with Crippen molar-refractivity contribution in [3.63, 3.8) is 0 Å². The van der Waals surface area contributed by atoms with Gasteiger partial charge in [-0.3, -0.25) is 14.1 Å². The molecule has 1 aliphatic carbocycles. The number of carbonyl (C=O) groups excluding carboxylic acids is 2. The number of primary amides is 1. The fourth-order valence-electron chi connectivity index (χ4n) is 2.13. The molecule has 1 atom stereocenters. The molecule has 0 aliphatic heterocycles. The van der Waals surface area contributed by atoms with Crippen molar-refractivity contribution in [3.05, 3.63) is 12.2 Å². The SMILES string of the molecule is CCC(COc1nc(C2CC2)no1)NC(=O)[CH]CC(F)(F)CCC(N)=O. The van der Waals surface area contributed by atoms with E-state index < -0.39 is 43.0 Å². The van der Waals surface area contributed by atoms with Gasteiger partial charge in [0.15, 0.2) is 5.82 Å². The summed E-state index contributed by atoms with van der Waals surface area (Å²) in [6, 6.07) is -0.394. The quantitative estimate of drug-likeness (QED) is 0.575. The third kappa shape index (κ3) is 6.93. The maximum atomic E-state index is 13.5. The topological polar surface area (TPSA) is 120 Å². The van der Waals surface area contributed by atoms with Gasteiger partial charge in [0.05, 0.1) is 12.5 Å². The van der Waals surface area contributed by atoms with Crippen LogP contribution in [0.1, 0.15) is 57.2 Å². The highest BCUT2D eigenvalue weighted by Gasteiger charge is 2.31. The molecule has 1 heterocycles. The number of alkyl halides is 2. The van der Waals surface area contributed by atoms with Crippen LogP contribution < -0.4 is 15.8 Å². The summed E-state index contributed by atoms with van der Waals surface area (Å²) in [5.41, 5.74) is 4.85. The maximum Gasteiger partial charge on any atom is 0.417 e. The highest BCUT2D eigenvalue weighted by molar-refractivity contribution is 5.85. The first kappa shape index (κ1) is 20.1. The van der Waals surface area contributed by atoms with Crippen LogP contribution in [0.15, 0.2) is 4.52 Å². The maximum absolute atomic E-state index is 13.5. The van der Waals surface area contributed by atoms with Gasteiger partial charge in [-0.2, -0.15) is 4.98 Å². The van der Waals surface area contributed by atoms with E-state index in [9.17, 15) is 18.4 Å². The fourth-order valence-corrected chi connectivity index (χ4v) is 2.13. The van der Waals surface area contributed by atoms with Crippen molar-refractivity contribution in [2.45, 2.75) is 63.3 Å². The van der Waals surface area contributed by atoms with Gasteiger partial charge < -0.3 is 15.8 Å². The third-order valence-corrected chi connectivity index (χ3v) is 3.94. The Morgan fingerprint density at radius 1 is 1.50 bits per heavy atom. The largest absolute Gasteiger partial charge is 0.447 e. The summed E-state index contributed by atoms with van der Waals surface area (Å²) in [5.74, 6) is -3.65. The molecule has 145 valence electrons. The molecule has 1 fully saturated rings. The number of hydrogen-bond acceptors (Lipinski definition) is 6. The first-order valence-electron chi connectivity index (χ1n) is 8.55. The Bertz CT molecular complexity index is 619. The summed E-state index contributed by atoms with van der Waals surface area (Å²) in [4.78, 5) is 26.5. The number of amides is 2. The van der Waals surface area contributed by atoms with E-state index >= 15 is 0 Å². The van der Waals surface area contributed by atoms with Gasteiger partial charge >= 0.3 is 6.08 Å². The average Bonchev–Trinajstić information content (AvgIpc) is 3.34. The van der Waals surface area contributed by atoms with Gasteiger partial charge in [-0.25, -0.2) is 8.78 Å². The summed E-state index contributed by atoms with van der Waals surface area (Å²) in [6.07, 6.45) is 1.61. The lowest BCUT2D eigenvalue weighted by Crippen LogP contribution is -2.39. The summed E-state index contributed by atoms with van der Waals surface area (Å²) < 4.78 is 37.4. The fraction of sp³-hybridized carbons (Fsp3) is 0.688. The Balaban J connectivity index is 1.70. The van der Waals surface area contributed by atoms with Crippen molar-refractivity contribution in [2.75, 3.05) is 6.61 Å². The second kappa shape index (κ2) is 8.91. The predicted molar refractivity (Wildman–Crippen MR) is 86.3 cm³/mol. The molecule has 10 heteroatoms. The first-order chi connectivity index (χ1) is 12.3. The minimum absolute atomic E-state index is 0.0292. The normalized spacial score (nSPS) is 15.5. The number of nitrogens with two attached hydrogens (primary N) is 1. The van der Waals surface area contributed by atoms with Crippen molar-refractivity contribution in [2.24, 2.45) is 5.73 Å². The zero-order chi connectivity index (χ0) is 19.2. The lowest BCUT2D eigenvalue weighted by Gasteiger charge is -2.18. The predicted octanol–water partition coefficient (Wildman–Crippen LogP) is 1.72. The van der Waals surface area contributed by atoms with E-state index in [4.69, 9.17) is 15.0 Å². The summed E-state index contributed by atoms with van der Waals surface area (Å²) >= 11 is 0. The standard InChI is InChI=1S/C16H23F2N4O4/c1-2-11(9-25-15-21-14(22-26-15)10-3-4-10)20-13(24)6-8-16(17,18)7-5-12(19)23/h6,10-11H,2-5,7-9H2,1H3,(H2,19,23)(H,20,24). The lowest BCUT2D eigenvalue weighted by atomic mass is 10.1. The molecule has 3 N–H and O–H groups in total. The molecule has 26 heavy (non-hydrogen) atoms. The lowest BCUT2D eigenvalue weighted by molar-refractivity contribution is -0.121. The zero-order valence-corrected chi connectivity index (χ0v) is 14.5. The average molecular weight is 373 g/mol. The first-order valence-corrected chi connectivity index (χ1v) is 8.55. The third-order valence-electron chi connectivity index (χ3n) is 3.94. The molecule has 1 saturated carbocycles. The summed E-state index contributed by atoms with van der Waals surface area (Å²) in [6.45, 7) is 1.90. The van der Waals surface area contributed by atoms with Gasteiger partial charge in [0.2, 0.25) is 17.7 Å². The Kier molecular flexibility index (Phi) is 6.87. The van der Waals surface area contributed by atoms with Crippen LogP contribution in [-0.4, -0.2) is 40.5 Å². The highest BCUT2D eigenvalue weighted by Crippen LogP contribution is 2.38. The molecule has 0 spiro atoms. The van der Waals surface area contributed by atoms with E-state index in [2.05, 4.69) is 15.5 Å². The summed E-state index contributed by atoms with van der Waals surface area (Å²) in [7, 11) is 0. The van der Waals surface area contributed by atoms with Crippen LogP contribution >= 0.6 is 0 Å². The molecular weight excluding hydrogens is 350 g/mol. The van der Waals surface area contributed by atoms with Crippen molar-refractivity contribution in [3.8, 4) is 6.08 Å². The molecule has 8 nitrogen and oxygen atoms in total. The number of aromatic nitrogens is 2. The Labute approximate surface area is 149 Å². The molecule has 0 aromatic carbocycles. The monoisotopic (exact) mass is 373 g/mol. The molecule has 2 amide bonds. The van der Waals surface area contributed by atoms with Gasteiger partial charge in [-0.05, 0) is 19.3 Å². The van der Waals surface area contributed by atoms with Crippen LogP contribution in [0.2, 0.25) is 0 Å². The van der Waals surface area contributed by atoms with Crippen LogP contribution in [0, 0.1) is 6.42 Å². The molecule has 1 aliphatic rings. The van der Waals surface area contributed by atoms with Crippen LogP contribution in [0.3, 0.4) is 0 Å². The number of ether oxygens (including phenoxy) is 1. The van der Waals surface area contributed by atoms with Crippen LogP contribution in [0.5, 0.6) is 6.08 Å². The van der Waals surface area contributed by atoms with Gasteiger partial charge in [0.25, 0.3) is 0 Å².